The van der Waals surface area contributed by atoms with E-state index in [0.29, 0.717) is 16.7 Å². The summed E-state index contributed by atoms with van der Waals surface area (Å²) in [4.78, 5) is 35.8. The minimum atomic E-state index is -0.162. The second kappa shape index (κ2) is 5.63. The van der Waals surface area contributed by atoms with Crippen LogP contribution in [0.15, 0.2) is 40.3 Å². The van der Waals surface area contributed by atoms with E-state index in [4.69, 9.17) is 0 Å². The van der Waals surface area contributed by atoms with Gasteiger partial charge in [-0.3, -0.25) is 18.6 Å². The predicted molar refractivity (Wildman–Crippen MR) is 98.7 cm³/mol. The molecule has 0 aromatic carbocycles. The molecular formula is C18H16N4O2S. The molecule has 6 nitrogen and oxygen atoms in total. The van der Waals surface area contributed by atoms with Gasteiger partial charge in [0.05, 0.1) is 24.0 Å². The molecule has 0 unspecified atom stereocenters. The van der Waals surface area contributed by atoms with Gasteiger partial charge in [-0.2, -0.15) is 0 Å². The first kappa shape index (κ1) is 15.7. The minimum Gasteiger partial charge on any atom is -0.293 e. The highest BCUT2D eigenvalue weighted by molar-refractivity contribution is 7.18. The molecular weight excluding hydrogens is 336 g/mol. The van der Waals surface area contributed by atoms with Crippen LogP contribution >= 0.6 is 11.3 Å². The standard InChI is InChI=1S/C18H16N4O2S/c1-10-4-5-22-14(6-10)20-13(7-15(22)23)8-21-9-19-17-16(18(21)24)11(2)12(3)25-17/h4-7,9H,8H2,1-3H3. The van der Waals surface area contributed by atoms with E-state index in [-0.39, 0.29) is 17.7 Å². The van der Waals surface area contributed by atoms with Gasteiger partial charge in [-0.25, -0.2) is 9.97 Å². The Morgan fingerprint density at radius 1 is 1.16 bits per heavy atom. The van der Waals surface area contributed by atoms with Gasteiger partial charge in [0.2, 0.25) is 0 Å². The second-order valence-corrected chi connectivity index (χ2v) is 7.36. The number of hydrogen-bond acceptors (Lipinski definition) is 5. The number of pyridine rings is 1. The Morgan fingerprint density at radius 2 is 1.96 bits per heavy atom. The molecule has 0 N–H and O–H groups in total. The van der Waals surface area contributed by atoms with Crippen molar-refractivity contribution >= 4 is 27.2 Å². The molecule has 126 valence electrons. The highest BCUT2D eigenvalue weighted by Gasteiger charge is 2.13. The van der Waals surface area contributed by atoms with E-state index in [0.717, 1.165) is 20.8 Å². The van der Waals surface area contributed by atoms with Crippen LogP contribution in [0.2, 0.25) is 0 Å². The zero-order valence-electron chi connectivity index (χ0n) is 14.1. The maximum absolute atomic E-state index is 12.8. The normalized spacial score (nSPS) is 11.5. The van der Waals surface area contributed by atoms with Gasteiger partial charge in [0, 0.05) is 17.1 Å². The summed E-state index contributed by atoms with van der Waals surface area (Å²) in [6.45, 7) is 6.09. The van der Waals surface area contributed by atoms with Crippen molar-refractivity contribution in [2.45, 2.75) is 27.3 Å². The molecule has 0 aliphatic rings. The molecule has 4 heterocycles. The Morgan fingerprint density at radius 3 is 2.76 bits per heavy atom. The van der Waals surface area contributed by atoms with E-state index in [1.165, 1.54) is 32.7 Å². The lowest BCUT2D eigenvalue weighted by Gasteiger charge is -2.07. The number of fused-ring (bicyclic) bond motifs is 2. The Bertz CT molecular complexity index is 1250. The molecule has 0 saturated heterocycles. The lowest BCUT2D eigenvalue weighted by atomic mass is 10.2. The van der Waals surface area contributed by atoms with Crippen molar-refractivity contribution in [3.05, 3.63) is 73.1 Å². The number of hydrogen-bond donors (Lipinski definition) is 0. The Labute approximate surface area is 147 Å². The number of aryl methyl sites for hydroxylation is 3. The van der Waals surface area contributed by atoms with Crippen LogP contribution in [0.1, 0.15) is 21.7 Å². The summed E-state index contributed by atoms with van der Waals surface area (Å²) in [6, 6.07) is 5.17. The topological polar surface area (TPSA) is 69.3 Å². The van der Waals surface area contributed by atoms with Gasteiger partial charge in [-0.15, -0.1) is 11.3 Å². The molecule has 0 saturated carbocycles. The molecule has 0 radical (unpaired) electrons. The molecule has 0 spiro atoms. The maximum Gasteiger partial charge on any atom is 0.262 e. The fourth-order valence-corrected chi connectivity index (χ4v) is 3.88. The van der Waals surface area contributed by atoms with Gasteiger partial charge in [-0.05, 0) is 44.0 Å². The molecule has 4 aromatic rings. The van der Waals surface area contributed by atoms with E-state index in [9.17, 15) is 9.59 Å². The summed E-state index contributed by atoms with van der Waals surface area (Å²) in [6.07, 6.45) is 3.24. The third kappa shape index (κ3) is 2.56. The van der Waals surface area contributed by atoms with Gasteiger partial charge < -0.3 is 0 Å². The summed E-state index contributed by atoms with van der Waals surface area (Å²) in [7, 11) is 0. The van der Waals surface area contributed by atoms with Crippen molar-refractivity contribution < 1.29 is 0 Å². The average Bonchev–Trinajstić information content (AvgIpc) is 2.85. The molecule has 0 amide bonds. The van der Waals surface area contributed by atoms with E-state index < -0.39 is 0 Å². The van der Waals surface area contributed by atoms with Crippen molar-refractivity contribution in [3.8, 4) is 0 Å². The van der Waals surface area contributed by atoms with Crippen molar-refractivity contribution in [3.63, 3.8) is 0 Å². The zero-order valence-corrected chi connectivity index (χ0v) is 14.9. The highest BCUT2D eigenvalue weighted by atomic mass is 32.1. The van der Waals surface area contributed by atoms with Crippen LogP contribution in [0, 0.1) is 20.8 Å². The van der Waals surface area contributed by atoms with Crippen LogP contribution in [0.3, 0.4) is 0 Å². The van der Waals surface area contributed by atoms with E-state index in [1.807, 2.05) is 32.9 Å². The maximum atomic E-state index is 12.8. The van der Waals surface area contributed by atoms with Gasteiger partial charge in [0.1, 0.15) is 10.5 Å². The Kier molecular flexibility index (Phi) is 3.54. The summed E-state index contributed by atoms with van der Waals surface area (Å²) in [5, 5.41) is 0.651. The Hall–Kier alpha value is -2.80. The van der Waals surface area contributed by atoms with Crippen LogP contribution < -0.4 is 11.1 Å². The lowest BCUT2D eigenvalue weighted by molar-refractivity contribution is 0.727. The van der Waals surface area contributed by atoms with Crippen molar-refractivity contribution in [1.82, 2.24) is 18.9 Å². The predicted octanol–water partition coefficient (Wildman–Crippen LogP) is 2.44. The zero-order chi connectivity index (χ0) is 17.7. The number of nitrogens with zero attached hydrogens (tertiary/aromatic N) is 4. The SMILES string of the molecule is Cc1ccn2c(=O)cc(Cn3cnc4sc(C)c(C)c4c3=O)nc2c1. The number of thiophene rings is 1. The van der Waals surface area contributed by atoms with Crippen LogP contribution in [0.25, 0.3) is 15.9 Å². The smallest absolute Gasteiger partial charge is 0.262 e. The second-order valence-electron chi connectivity index (χ2n) is 6.16. The fraction of sp³-hybridized carbons (Fsp3) is 0.222. The monoisotopic (exact) mass is 352 g/mol. The molecule has 4 rings (SSSR count). The molecule has 0 atom stereocenters. The molecule has 0 fully saturated rings. The third-order valence-electron chi connectivity index (χ3n) is 4.36. The van der Waals surface area contributed by atoms with Gasteiger partial charge >= 0.3 is 0 Å². The van der Waals surface area contributed by atoms with E-state index in [1.54, 1.807) is 6.20 Å². The summed E-state index contributed by atoms with van der Waals surface area (Å²) in [5.74, 6) is 0. The summed E-state index contributed by atoms with van der Waals surface area (Å²) < 4.78 is 3.00. The van der Waals surface area contributed by atoms with Crippen LogP contribution in [0.5, 0.6) is 0 Å². The highest BCUT2D eigenvalue weighted by Crippen LogP contribution is 2.25. The minimum absolute atomic E-state index is 0.0990. The van der Waals surface area contributed by atoms with Crippen LogP contribution in [-0.2, 0) is 6.54 Å². The molecule has 0 aliphatic carbocycles. The summed E-state index contributed by atoms with van der Waals surface area (Å²) >= 11 is 1.52. The quantitative estimate of drug-likeness (QED) is 0.556. The Balaban J connectivity index is 1.85. The van der Waals surface area contributed by atoms with Crippen molar-refractivity contribution in [2.75, 3.05) is 0 Å². The molecule has 25 heavy (non-hydrogen) atoms. The fourth-order valence-electron chi connectivity index (χ4n) is 2.89. The van der Waals surface area contributed by atoms with Crippen LogP contribution in [0.4, 0.5) is 0 Å². The summed E-state index contributed by atoms with van der Waals surface area (Å²) in [5.41, 5.74) is 2.85. The molecule has 7 heteroatoms. The van der Waals surface area contributed by atoms with Gasteiger partial charge in [0.15, 0.2) is 0 Å². The number of rotatable bonds is 2. The number of aromatic nitrogens is 4. The van der Waals surface area contributed by atoms with Crippen molar-refractivity contribution in [1.29, 1.82) is 0 Å². The van der Waals surface area contributed by atoms with E-state index in [2.05, 4.69) is 9.97 Å². The molecule has 4 aromatic heterocycles. The lowest BCUT2D eigenvalue weighted by Crippen LogP contribution is -2.23. The first-order chi connectivity index (χ1) is 11.9. The van der Waals surface area contributed by atoms with Crippen LogP contribution in [-0.4, -0.2) is 18.9 Å². The van der Waals surface area contributed by atoms with E-state index >= 15 is 0 Å². The molecule has 0 bridgehead atoms. The van der Waals surface area contributed by atoms with Crippen molar-refractivity contribution in [2.24, 2.45) is 0 Å². The third-order valence-corrected chi connectivity index (χ3v) is 5.48. The average molecular weight is 352 g/mol. The molecule has 0 aliphatic heterocycles. The van der Waals surface area contributed by atoms with Gasteiger partial charge in [0.25, 0.3) is 11.1 Å². The first-order valence-corrected chi connectivity index (χ1v) is 8.70. The first-order valence-electron chi connectivity index (χ1n) is 7.88. The van der Waals surface area contributed by atoms with Gasteiger partial charge in [-0.1, -0.05) is 0 Å². The largest absolute Gasteiger partial charge is 0.293 e.